The molecule has 1 fully saturated rings. The van der Waals surface area contributed by atoms with Gasteiger partial charge < -0.3 is 19.9 Å². The molecule has 1 aliphatic rings. The van der Waals surface area contributed by atoms with Crippen LogP contribution in [0.3, 0.4) is 0 Å². The van der Waals surface area contributed by atoms with Crippen LogP contribution in [0.1, 0.15) is 47.0 Å². The third-order valence-corrected chi connectivity index (χ3v) is 3.88. The molecule has 0 aromatic heterocycles. The molecule has 5 nitrogen and oxygen atoms in total. The zero-order valence-corrected chi connectivity index (χ0v) is 13.8. The van der Waals surface area contributed by atoms with Crippen LogP contribution < -0.4 is 5.73 Å². The fourth-order valence-corrected chi connectivity index (χ4v) is 2.55. The number of nitrogens with two attached hydrogens (primary N) is 1. The van der Waals surface area contributed by atoms with Crippen LogP contribution in [-0.2, 0) is 19.0 Å². The highest BCUT2D eigenvalue weighted by Crippen LogP contribution is 2.25. The molecule has 0 aromatic rings. The molecule has 5 heteroatoms. The van der Waals surface area contributed by atoms with Gasteiger partial charge in [0.15, 0.2) is 0 Å². The molecule has 0 spiro atoms. The zero-order valence-electron chi connectivity index (χ0n) is 13.8. The van der Waals surface area contributed by atoms with Gasteiger partial charge in [-0.15, -0.1) is 0 Å². The van der Waals surface area contributed by atoms with Gasteiger partial charge in [-0.05, 0) is 25.7 Å². The lowest BCUT2D eigenvalue weighted by molar-refractivity contribution is -0.154. The summed E-state index contributed by atoms with van der Waals surface area (Å²) in [5.41, 5.74) is 5.75. The maximum atomic E-state index is 11.9. The Morgan fingerprint density at radius 3 is 2.71 bits per heavy atom. The van der Waals surface area contributed by atoms with Crippen molar-refractivity contribution in [2.45, 2.75) is 65.2 Å². The third-order valence-electron chi connectivity index (χ3n) is 3.88. The lowest BCUT2D eigenvalue weighted by atomic mass is 9.89. The summed E-state index contributed by atoms with van der Waals surface area (Å²) in [5, 5.41) is 0. The van der Waals surface area contributed by atoms with Crippen LogP contribution in [0.15, 0.2) is 0 Å². The molecule has 1 saturated heterocycles. The molecule has 124 valence electrons. The smallest absolute Gasteiger partial charge is 0.325 e. The molecule has 1 rings (SSSR count). The van der Waals surface area contributed by atoms with Crippen LogP contribution in [0.2, 0.25) is 0 Å². The van der Waals surface area contributed by atoms with E-state index in [-0.39, 0.29) is 30.7 Å². The standard InChI is InChI=1S/C16H31NO4/c1-5-8-20-15-10-19-9-14(17)16(18)21-12(4)13(15)7-6-11(2)3/h11-15H,5-10,17H2,1-4H3. The molecular formula is C16H31NO4. The fraction of sp³-hybridized carbons (Fsp3) is 0.938. The SMILES string of the molecule is CCCOC1COCC(N)C(=O)OC(C)C1CCC(C)C. The number of carbonyl (C=O) groups excluding carboxylic acids is 1. The second kappa shape index (κ2) is 9.38. The van der Waals surface area contributed by atoms with Crippen molar-refractivity contribution in [2.24, 2.45) is 17.6 Å². The monoisotopic (exact) mass is 301 g/mol. The molecule has 21 heavy (non-hydrogen) atoms. The Morgan fingerprint density at radius 1 is 1.38 bits per heavy atom. The van der Waals surface area contributed by atoms with E-state index in [1.54, 1.807) is 0 Å². The number of carbonyl (C=O) groups is 1. The summed E-state index contributed by atoms with van der Waals surface area (Å²) < 4.78 is 17.0. The summed E-state index contributed by atoms with van der Waals surface area (Å²) in [6, 6.07) is -0.705. The highest BCUT2D eigenvalue weighted by molar-refractivity contribution is 5.75. The molecule has 0 saturated carbocycles. The molecule has 0 amide bonds. The number of hydrogen-bond donors (Lipinski definition) is 1. The molecule has 1 aliphatic heterocycles. The van der Waals surface area contributed by atoms with Crippen molar-refractivity contribution >= 4 is 5.97 Å². The van der Waals surface area contributed by atoms with Crippen molar-refractivity contribution in [3.63, 3.8) is 0 Å². The van der Waals surface area contributed by atoms with E-state index in [9.17, 15) is 4.79 Å². The molecule has 0 bridgehead atoms. The third kappa shape index (κ3) is 6.32. The normalized spacial score (nSPS) is 31.4. The second-order valence-corrected chi connectivity index (χ2v) is 6.33. The topological polar surface area (TPSA) is 70.8 Å². The summed E-state index contributed by atoms with van der Waals surface area (Å²) in [7, 11) is 0. The molecule has 2 N–H and O–H groups in total. The first-order valence-electron chi connectivity index (χ1n) is 8.11. The highest BCUT2D eigenvalue weighted by atomic mass is 16.6. The minimum Gasteiger partial charge on any atom is -0.461 e. The fourth-order valence-electron chi connectivity index (χ4n) is 2.55. The molecule has 1 heterocycles. The average Bonchev–Trinajstić information content (AvgIpc) is 2.46. The Kier molecular flexibility index (Phi) is 8.22. The van der Waals surface area contributed by atoms with Crippen LogP contribution in [0.4, 0.5) is 0 Å². The van der Waals surface area contributed by atoms with Crippen molar-refractivity contribution in [2.75, 3.05) is 19.8 Å². The summed E-state index contributed by atoms with van der Waals surface area (Å²) >= 11 is 0. The zero-order chi connectivity index (χ0) is 15.8. The number of esters is 1. The van der Waals surface area contributed by atoms with E-state index in [4.69, 9.17) is 19.9 Å². The van der Waals surface area contributed by atoms with Gasteiger partial charge in [0, 0.05) is 12.5 Å². The Balaban J connectivity index is 2.79. The van der Waals surface area contributed by atoms with Crippen molar-refractivity contribution in [1.82, 2.24) is 0 Å². The molecular weight excluding hydrogens is 270 g/mol. The maximum Gasteiger partial charge on any atom is 0.325 e. The molecule has 0 aromatic carbocycles. The van der Waals surface area contributed by atoms with Gasteiger partial charge >= 0.3 is 5.97 Å². The Bertz CT molecular complexity index is 309. The minimum atomic E-state index is -0.705. The van der Waals surface area contributed by atoms with Crippen molar-refractivity contribution in [3.8, 4) is 0 Å². The van der Waals surface area contributed by atoms with Gasteiger partial charge in [-0.2, -0.15) is 0 Å². The van der Waals surface area contributed by atoms with Crippen LogP contribution in [0, 0.1) is 11.8 Å². The predicted molar refractivity (Wildman–Crippen MR) is 81.9 cm³/mol. The first-order valence-corrected chi connectivity index (χ1v) is 8.11. The van der Waals surface area contributed by atoms with Crippen LogP contribution in [0.25, 0.3) is 0 Å². The van der Waals surface area contributed by atoms with E-state index in [0.717, 1.165) is 19.3 Å². The second-order valence-electron chi connectivity index (χ2n) is 6.33. The van der Waals surface area contributed by atoms with Gasteiger partial charge in [-0.1, -0.05) is 27.2 Å². The first-order chi connectivity index (χ1) is 9.95. The van der Waals surface area contributed by atoms with Crippen LogP contribution in [-0.4, -0.2) is 44.0 Å². The molecule has 4 unspecified atom stereocenters. The van der Waals surface area contributed by atoms with E-state index in [2.05, 4.69) is 20.8 Å². The van der Waals surface area contributed by atoms with Crippen molar-refractivity contribution in [3.05, 3.63) is 0 Å². The number of cyclic esters (lactones) is 1. The number of hydrogen-bond acceptors (Lipinski definition) is 5. The first kappa shape index (κ1) is 18.4. The summed E-state index contributed by atoms with van der Waals surface area (Å²) in [6.07, 6.45) is 2.74. The molecule has 0 aliphatic carbocycles. The number of ether oxygens (including phenoxy) is 3. The van der Waals surface area contributed by atoms with Gasteiger partial charge in [0.1, 0.15) is 12.1 Å². The van der Waals surface area contributed by atoms with Gasteiger partial charge in [-0.25, -0.2) is 0 Å². The summed E-state index contributed by atoms with van der Waals surface area (Å²) in [6.45, 7) is 9.76. The van der Waals surface area contributed by atoms with E-state index >= 15 is 0 Å². The van der Waals surface area contributed by atoms with Crippen molar-refractivity contribution < 1.29 is 19.0 Å². The quantitative estimate of drug-likeness (QED) is 0.761. The summed E-state index contributed by atoms with van der Waals surface area (Å²) in [5.74, 6) is 0.372. The van der Waals surface area contributed by atoms with Crippen LogP contribution in [0.5, 0.6) is 0 Å². The van der Waals surface area contributed by atoms with Gasteiger partial charge in [0.05, 0.1) is 19.3 Å². The lowest BCUT2D eigenvalue weighted by Crippen LogP contribution is -2.39. The van der Waals surface area contributed by atoms with Crippen LogP contribution >= 0.6 is 0 Å². The highest BCUT2D eigenvalue weighted by Gasteiger charge is 2.33. The molecule has 4 atom stereocenters. The van der Waals surface area contributed by atoms with Gasteiger partial charge in [0.25, 0.3) is 0 Å². The Hall–Kier alpha value is -0.650. The van der Waals surface area contributed by atoms with Crippen molar-refractivity contribution in [1.29, 1.82) is 0 Å². The maximum absolute atomic E-state index is 11.9. The lowest BCUT2D eigenvalue weighted by Gasteiger charge is -2.31. The van der Waals surface area contributed by atoms with Gasteiger partial charge in [0.2, 0.25) is 0 Å². The largest absolute Gasteiger partial charge is 0.461 e. The minimum absolute atomic E-state index is 0.0446. The van der Waals surface area contributed by atoms with E-state index in [1.165, 1.54) is 0 Å². The van der Waals surface area contributed by atoms with Gasteiger partial charge in [-0.3, -0.25) is 4.79 Å². The Labute approximate surface area is 128 Å². The van der Waals surface area contributed by atoms with E-state index in [1.807, 2.05) is 6.92 Å². The summed E-state index contributed by atoms with van der Waals surface area (Å²) in [4.78, 5) is 11.9. The number of rotatable bonds is 6. The van der Waals surface area contributed by atoms with E-state index < -0.39 is 6.04 Å². The predicted octanol–water partition coefficient (Wildman–Crippen LogP) is 2.12. The average molecular weight is 301 g/mol. The molecule has 0 radical (unpaired) electrons. The van der Waals surface area contributed by atoms with E-state index in [0.29, 0.717) is 19.1 Å². The Morgan fingerprint density at radius 2 is 2.10 bits per heavy atom.